The molecule has 0 aromatic carbocycles. The van der Waals surface area contributed by atoms with Gasteiger partial charge in [-0.1, -0.05) is 0 Å². The van der Waals surface area contributed by atoms with Gasteiger partial charge in [0.25, 0.3) is 5.91 Å². The summed E-state index contributed by atoms with van der Waals surface area (Å²) < 4.78 is 5.33. The Morgan fingerprint density at radius 1 is 1.19 bits per heavy atom. The molecule has 1 fully saturated rings. The van der Waals surface area contributed by atoms with E-state index in [1.165, 1.54) is 0 Å². The highest BCUT2D eigenvalue weighted by atomic mass is 16.3. The lowest BCUT2D eigenvalue weighted by atomic mass is 10.2. The number of furan rings is 1. The normalized spacial score (nSPS) is 14.9. The fourth-order valence-corrected chi connectivity index (χ4v) is 3.00. The minimum absolute atomic E-state index is 0.122. The van der Waals surface area contributed by atoms with Crippen molar-refractivity contribution in [1.82, 2.24) is 15.2 Å². The number of nitrogens with one attached hydrogen (secondary N) is 2. The van der Waals surface area contributed by atoms with Crippen molar-refractivity contribution >= 4 is 23.3 Å². The second-order valence-corrected chi connectivity index (χ2v) is 6.75. The molecule has 0 radical (unpaired) electrons. The topological polar surface area (TPSA) is 90.7 Å². The summed E-state index contributed by atoms with van der Waals surface area (Å²) in [7, 11) is 2.11. The standard InChI is InChI=1S/C19H25N5O3/c1-13-10-16(14(2)27-13)19(26)21-12-18(25)22-15-4-5-17(20-11-15)24-8-6-23(3)7-9-24/h4-5,10-11H,6-9,12H2,1-3H3,(H,21,26)(H,22,25). The predicted molar refractivity (Wildman–Crippen MR) is 103 cm³/mol. The molecule has 144 valence electrons. The predicted octanol–water partition coefficient (Wildman–Crippen LogP) is 1.41. The fourth-order valence-electron chi connectivity index (χ4n) is 3.00. The van der Waals surface area contributed by atoms with Crippen LogP contribution in [0.15, 0.2) is 28.8 Å². The number of carbonyl (C=O) groups is 2. The number of carbonyl (C=O) groups excluding carboxylic acids is 2. The van der Waals surface area contributed by atoms with E-state index in [-0.39, 0.29) is 18.4 Å². The van der Waals surface area contributed by atoms with E-state index in [0.29, 0.717) is 22.8 Å². The number of anilines is 2. The minimum atomic E-state index is -0.331. The zero-order valence-electron chi connectivity index (χ0n) is 15.9. The van der Waals surface area contributed by atoms with Crippen LogP contribution in [0.2, 0.25) is 0 Å². The van der Waals surface area contributed by atoms with E-state index < -0.39 is 0 Å². The number of aryl methyl sites for hydroxylation is 2. The molecule has 1 saturated heterocycles. The van der Waals surface area contributed by atoms with E-state index in [4.69, 9.17) is 4.42 Å². The van der Waals surface area contributed by atoms with Crippen LogP contribution in [-0.4, -0.2) is 61.5 Å². The van der Waals surface area contributed by atoms with Gasteiger partial charge >= 0.3 is 0 Å². The van der Waals surface area contributed by atoms with E-state index in [0.717, 1.165) is 32.0 Å². The summed E-state index contributed by atoms with van der Waals surface area (Å²) in [4.78, 5) is 33.1. The van der Waals surface area contributed by atoms with Gasteiger partial charge in [0, 0.05) is 26.2 Å². The van der Waals surface area contributed by atoms with Crippen molar-refractivity contribution < 1.29 is 14.0 Å². The van der Waals surface area contributed by atoms with Crippen molar-refractivity contribution in [2.24, 2.45) is 0 Å². The van der Waals surface area contributed by atoms with Gasteiger partial charge in [-0.05, 0) is 39.1 Å². The molecule has 3 heterocycles. The molecule has 0 aliphatic carbocycles. The van der Waals surface area contributed by atoms with E-state index in [2.05, 4.69) is 32.5 Å². The molecule has 8 nitrogen and oxygen atoms in total. The van der Waals surface area contributed by atoms with Crippen molar-refractivity contribution in [2.45, 2.75) is 13.8 Å². The van der Waals surface area contributed by atoms with Gasteiger partial charge in [0.2, 0.25) is 5.91 Å². The molecule has 2 aromatic heterocycles. The number of aromatic nitrogens is 1. The number of amides is 2. The van der Waals surface area contributed by atoms with Crippen molar-refractivity contribution in [1.29, 1.82) is 0 Å². The SMILES string of the molecule is Cc1cc(C(=O)NCC(=O)Nc2ccc(N3CCN(C)CC3)nc2)c(C)o1. The lowest BCUT2D eigenvalue weighted by molar-refractivity contribution is -0.115. The average molecular weight is 371 g/mol. The molecule has 0 bridgehead atoms. The smallest absolute Gasteiger partial charge is 0.255 e. The molecule has 8 heteroatoms. The molecule has 0 spiro atoms. The summed E-state index contributed by atoms with van der Waals surface area (Å²) in [6.07, 6.45) is 1.64. The number of hydrogen-bond acceptors (Lipinski definition) is 6. The first-order chi connectivity index (χ1) is 12.9. The van der Waals surface area contributed by atoms with Crippen LogP contribution in [-0.2, 0) is 4.79 Å². The molecule has 27 heavy (non-hydrogen) atoms. The number of nitrogens with zero attached hydrogens (tertiary/aromatic N) is 3. The van der Waals surface area contributed by atoms with Gasteiger partial charge in [-0.3, -0.25) is 9.59 Å². The van der Waals surface area contributed by atoms with Gasteiger partial charge < -0.3 is 24.9 Å². The summed E-state index contributed by atoms with van der Waals surface area (Å²) in [5.41, 5.74) is 1.04. The van der Waals surface area contributed by atoms with Gasteiger partial charge in [0.1, 0.15) is 17.3 Å². The Bertz CT molecular complexity index is 807. The molecule has 1 aliphatic rings. The van der Waals surface area contributed by atoms with Crippen LogP contribution >= 0.6 is 0 Å². The monoisotopic (exact) mass is 371 g/mol. The Balaban J connectivity index is 1.49. The first-order valence-electron chi connectivity index (χ1n) is 8.97. The lowest BCUT2D eigenvalue weighted by Gasteiger charge is -2.33. The van der Waals surface area contributed by atoms with Gasteiger partial charge in [0.15, 0.2) is 0 Å². The summed E-state index contributed by atoms with van der Waals surface area (Å²) in [5, 5.41) is 5.34. The molecule has 0 unspecified atom stereocenters. The second-order valence-electron chi connectivity index (χ2n) is 6.75. The molecular weight excluding hydrogens is 346 g/mol. The lowest BCUT2D eigenvalue weighted by Crippen LogP contribution is -2.44. The number of pyridine rings is 1. The van der Waals surface area contributed by atoms with E-state index >= 15 is 0 Å². The Labute approximate surface area is 158 Å². The van der Waals surface area contributed by atoms with Crippen LogP contribution < -0.4 is 15.5 Å². The number of hydrogen-bond donors (Lipinski definition) is 2. The molecule has 2 N–H and O–H groups in total. The Morgan fingerprint density at radius 3 is 2.52 bits per heavy atom. The molecule has 1 aliphatic heterocycles. The maximum Gasteiger partial charge on any atom is 0.255 e. The molecule has 0 atom stereocenters. The van der Waals surface area contributed by atoms with Crippen LogP contribution in [0.5, 0.6) is 0 Å². The quantitative estimate of drug-likeness (QED) is 0.826. The first-order valence-corrected chi connectivity index (χ1v) is 8.97. The highest BCUT2D eigenvalue weighted by molar-refractivity contribution is 5.99. The molecule has 2 amide bonds. The van der Waals surface area contributed by atoms with E-state index in [9.17, 15) is 9.59 Å². The Morgan fingerprint density at radius 2 is 1.93 bits per heavy atom. The van der Waals surface area contributed by atoms with Crippen molar-refractivity contribution in [3.8, 4) is 0 Å². The van der Waals surface area contributed by atoms with E-state index in [1.54, 1.807) is 26.1 Å². The third kappa shape index (κ3) is 4.85. The number of piperazine rings is 1. The summed E-state index contributed by atoms with van der Waals surface area (Å²) in [5.74, 6) is 1.46. The highest BCUT2D eigenvalue weighted by Crippen LogP contribution is 2.16. The average Bonchev–Trinajstić information content (AvgIpc) is 2.99. The van der Waals surface area contributed by atoms with Crippen LogP contribution in [0.25, 0.3) is 0 Å². The van der Waals surface area contributed by atoms with Gasteiger partial charge in [-0.2, -0.15) is 0 Å². The van der Waals surface area contributed by atoms with Gasteiger partial charge in [-0.25, -0.2) is 4.98 Å². The fraction of sp³-hybridized carbons (Fsp3) is 0.421. The number of rotatable bonds is 5. The minimum Gasteiger partial charge on any atom is -0.466 e. The Hall–Kier alpha value is -2.87. The maximum absolute atomic E-state index is 12.1. The van der Waals surface area contributed by atoms with Gasteiger partial charge in [-0.15, -0.1) is 0 Å². The van der Waals surface area contributed by atoms with Crippen LogP contribution in [0.1, 0.15) is 21.9 Å². The first kappa shape index (κ1) is 18.9. The second kappa shape index (κ2) is 8.22. The van der Waals surface area contributed by atoms with Crippen LogP contribution in [0, 0.1) is 13.8 Å². The molecule has 2 aromatic rings. The zero-order valence-corrected chi connectivity index (χ0v) is 15.9. The van der Waals surface area contributed by atoms with Gasteiger partial charge in [0.05, 0.1) is 24.0 Å². The summed E-state index contributed by atoms with van der Waals surface area (Å²) in [6.45, 7) is 7.26. The largest absolute Gasteiger partial charge is 0.466 e. The van der Waals surface area contributed by atoms with E-state index in [1.807, 2.05) is 12.1 Å². The van der Waals surface area contributed by atoms with Crippen molar-refractivity contribution in [2.75, 3.05) is 50.0 Å². The third-order valence-electron chi connectivity index (χ3n) is 4.55. The number of likely N-dealkylation sites (N-methyl/N-ethyl adjacent to an activating group) is 1. The summed E-state index contributed by atoms with van der Waals surface area (Å²) >= 11 is 0. The maximum atomic E-state index is 12.1. The van der Waals surface area contributed by atoms with Crippen molar-refractivity contribution in [3.63, 3.8) is 0 Å². The molecule has 0 saturated carbocycles. The zero-order chi connectivity index (χ0) is 19.4. The van der Waals surface area contributed by atoms with Crippen molar-refractivity contribution in [3.05, 3.63) is 41.5 Å². The highest BCUT2D eigenvalue weighted by Gasteiger charge is 2.16. The van der Waals surface area contributed by atoms with Crippen LogP contribution in [0.4, 0.5) is 11.5 Å². The molecule has 3 rings (SSSR count). The third-order valence-corrected chi connectivity index (χ3v) is 4.55. The van der Waals surface area contributed by atoms with Crippen LogP contribution in [0.3, 0.4) is 0 Å². The Kier molecular flexibility index (Phi) is 5.75. The summed E-state index contributed by atoms with van der Waals surface area (Å²) in [6, 6.07) is 5.38. The molecular formula is C19H25N5O3.